The van der Waals surface area contributed by atoms with E-state index in [0.29, 0.717) is 44.9 Å². The second kappa shape index (κ2) is 7.85. The Hall–Kier alpha value is -3.14. The monoisotopic (exact) mass is 383 g/mol. The molecule has 0 saturated carbocycles. The zero-order valence-corrected chi connectivity index (χ0v) is 15.3. The van der Waals surface area contributed by atoms with Crippen LogP contribution in [-0.2, 0) is 9.63 Å². The van der Waals surface area contributed by atoms with Gasteiger partial charge < -0.3 is 10.6 Å². The smallest absolute Gasteiger partial charge is 0.267 e. The van der Waals surface area contributed by atoms with Gasteiger partial charge in [0.1, 0.15) is 11.7 Å². The Balaban J connectivity index is 1.40. The van der Waals surface area contributed by atoms with Crippen LogP contribution >= 0.6 is 0 Å². The molecule has 2 aliphatic heterocycles. The molecular weight excluding hydrogens is 362 g/mol. The highest BCUT2D eigenvalue weighted by Crippen LogP contribution is 2.32. The van der Waals surface area contributed by atoms with Crippen LogP contribution in [-0.4, -0.2) is 56.5 Å². The van der Waals surface area contributed by atoms with Gasteiger partial charge in [0.15, 0.2) is 0 Å². The molecule has 0 bridgehead atoms. The summed E-state index contributed by atoms with van der Waals surface area (Å²) in [7, 11) is 0. The van der Waals surface area contributed by atoms with Crippen molar-refractivity contribution in [2.75, 3.05) is 24.6 Å². The lowest BCUT2D eigenvalue weighted by atomic mass is 9.95. The first-order chi connectivity index (χ1) is 13.6. The number of anilines is 1. The average molecular weight is 383 g/mol. The van der Waals surface area contributed by atoms with Gasteiger partial charge in [-0.3, -0.25) is 24.4 Å². The van der Waals surface area contributed by atoms with E-state index in [1.54, 1.807) is 18.6 Å². The molecular formula is C18H21N7O3. The first-order valence-corrected chi connectivity index (χ1v) is 9.23. The minimum atomic E-state index is -0.588. The number of primary amides is 1. The quantitative estimate of drug-likeness (QED) is 0.808. The van der Waals surface area contributed by atoms with Crippen molar-refractivity contribution in [1.29, 1.82) is 0 Å². The number of carbonyl (C=O) groups excluding carboxylic acids is 2. The zero-order valence-electron chi connectivity index (χ0n) is 15.3. The van der Waals surface area contributed by atoms with E-state index in [2.05, 4.69) is 19.9 Å². The topological polar surface area (TPSA) is 127 Å². The van der Waals surface area contributed by atoms with E-state index < -0.39 is 5.91 Å². The van der Waals surface area contributed by atoms with Crippen molar-refractivity contribution < 1.29 is 14.4 Å². The maximum Gasteiger partial charge on any atom is 0.267 e. The van der Waals surface area contributed by atoms with E-state index >= 15 is 0 Å². The van der Waals surface area contributed by atoms with Crippen LogP contribution in [0.3, 0.4) is 0 Å². The average Bonchev–Trinajstić information content (AvgIpc) is 3.24. The molecule has 2 aromatic rings. The van der Waals surface area contributed by atoms with Crippen LogP contribution in [0.1, 0.15) is 41.5 Å². The molecule has 0 aromatic carbocycles. The van der Waals surface area contributed by atoms with Crippen LogP contribution in [0.15, 0.2) is 30.9 Å². The molecule has 10 heteroatoms. The number of aromatic nitrogens is 4. The van der Waals surface area contributed by atoms with Crippen LogP contribution in [0.5, 0.6) is 0 Å². The molecule has 0 radical (unpaired) electrons. The van der Waals surface area contributed by atoms with E-state index in [9.17, 15) is 9.59 Å². The number of nitrogens with two attached hydrogens (primary N) is 1. The number of carbonyl (C=O) groups is 2. The lowest BCUT2D eigenvalue weighted by Gasteiger charge is -2.33. The number of hydrogen-bond donors (Lipinski definition) is 1. The van der Waals surface area contributed by atoms with Gasteiger partial charge >= 0.3 is 0 Å². The summed E-state index contributed by atoms with van der Waals surface area (Å²) in [6.45, 7) is 1.71. The minimum Gasteiger partial charge on any atom is -0.364 e. The van der Waals surface area contributed by atoms with Gasteiger partial charge in [-0.15, -0.1) is 0 Å². The summed E-state index contributed by atoms with van der Waals surface area (Å²) in [5, 5.41) is 1.47. The van der Waals surface area contributed by atoms with E-state index in [0.717, 1.165) is 5.69 Å². The standard InChI is InChI=1S/C18H21N7O3/c19-16(26)13-1-5-22-18(23-13)24-8-2-12(3-9-24)17(27)25-15(4-10-28-25)14-11-20-6-7-21-14/h1,5-7,11-12,15H,2-4,8-10H2,(H2,19,26)/t15-/m0/s1. The fraction of sp³-hybridized carbons (Fsp3) is 0.444. The molecule has 0 spiro atoms. The Labute approximate surface area is 161 Å². The Morgan fingerprint density at radius 3 is 2.64 bits per heavy atom. The van der Waals surface area contributed by atoms with Crippen molar-refractivity contribution in [1.82, 2.24) is 25.0 Å². The molecule has 1 atom stereocenters. The van der Waals surface area contributed by atoms with Gasteiger partial charge in [0.05, 0.1) is 18.5 Å². The highest BCUT2D eigenvalue weighted by Gasteiger charge is 2.38. The second-order valence-corrected chi connectivity index (χ2v) is 6.80. The zero-order chi connectivity index (χ0) is 19.5. The molecule has 2 aromatic heterocycles. The third kappa shape index (κ3) is 3.63. The Kier molecular flexibility index (Phi) is 5.11. The molecule has 2 N–H and O–H groups in total. The Bertz CT molecular complexity index is 855. The van der Waals surface area contributed by atoms with Crippen LogP contribution in [0.25, 0.3) is 0 Å². The number of piperidine rings is 1. The first-order valence-electron chi connectivity index (χ1n) is 9.23. The van der Waals surface area contributed by atoms with Crippen molar-refractivity contribution in [3.05, 3.63) is 42.2 Å². The van der Waals surface area contributed by atoms with Gasteiger partial charge in [0.2, 0.25) is 11.9 Å². The lowest BCUT2D eigenvalue weighted by molar-refractivity contribution is -0.182. The Morgan fingerprint density at radius 1 is 1.11 bits per heavy atom. The first kappa shape index (κ1) is 18.2. The molecule has 10 nitrogen and oxygen atoms in total. The maximum atomic E-state index is 13.0. The number of hydrogen-bond acceptors (Lipinski definition) is 8. The summed E-state index contributed by atoms with van der Waals surface area (Å²) < 4.78 is 0. The Morgan fingerprint density at radius 2 is 1.93 bits per heavy atom. The molecule has 2 aliphatic rings. The largest absolute Gasteiger partial charge is 0.364 e. The van der Waals surface area contributed by atoms with Gasteiger partial charge in [0, 0.05) is 44.0 Å². The molecule has 146 valence electrons. The predicted octanol–water partition coefficient (Wildman–Crippen LogP) is 0.487. The van der Waals surface area contributed by atoms with Crippen molar-refractivity contribution in [3.8, 4) is 0 Å². The van der Waals surface area contributed by atoms with Gasteiger partial charge in [-0.25, -0.2) is 15.0 Å². The van der Waals surface area contributed by atoms with Gasteiger partial charge in [-0.05, 0) is 18.9 Å². The summed E-state index contributed by atoms with van der Waals surface area (Å²) in [5.41, 5.74) is 6.20. The van der Waals surface area contributed by atoms with Crippen molar-refractivity contribution in [2.24, 2.45) is 11.7 Å². The fourth-order valence-corrected chi connectivity index (χ4v) is 3.58. The van der Waals surface area contributed by atoms with Crippen molar-refractivity contribution >= 4 is 17.8 Å². The summed E-state index contributed by atoms with van der Waals surface area (Å²) >= 11 is 0. The van der Waals surface area contributed by atoms with Gasteiger partial charge in [-0.1, -0.05) is 0 Å². The van der Waals surface area contributed by atoms with E-state index in [1.807, 2.05) is 4.90 Å². The third-order valence-corrected chi connectivity index (χ3v) is 5.07. The summed E-state index contributed by atoms with van der Waals surface area (Å²) in [4.78, 5) is 48.7. The van der Waals surface area contributed by atoms with Crippen molar-refractivity contribution in [3.63, 3.8) is 0 Å². The second-order valence-electron chi connectivity index (χ2n) is 6.80. The normalized spacial score (nSPS) is 20.4. The molecule has 2 saturated heterocycles. The molecule has 0 aliphatic carbocycles. The fourth-order valence-electron chi connectivity index (χ4n) is 3.58. The number of hydroxylamine groups is 2. The molecule has 0 unspecified atom stereocenters. The van der Waals surface area contributed by atoms with E-state index in [4.69, 9.17) is 10.6 Å². The maximum absolute atomic E-state index is 13.0. The summed E-state index contributed by atoms with van der Waals surface area (Å²) in [6.07, 6.45) is 8.42. The van der Waals surface area contributed by atoms with Crippen LogP contribution in [0.4, 0.5) is 5.95 Å². The number of amides is 2. The van der Waals surface area contributed by atoms with Gasteiger partial charge in [-0.2, -0.15) is 0 Å². The van der Waals surface area contributed by atoms with Crippen LogP contribution < -0.4 is 10.6 Å². The summed E-state index contributed by atoms with van der Waals surface area (Å²) in [6, 6.07) is 1.29. The highest BCUT2D eigenvalue weighted by atomic mass is 16.7. The molecule has 2 fully saturated rings. The third-order valence-electron chi connectivity index (χ3n) is 5.07. The minimum absolute atomic E-state index is 0.0281. The van der Waals surface area contributed by atoms with Crippen LogP contribution in [0.2, 0.25) is 0 Å². The molecule has 2 amide bonds. The predicted molar refractivity (Wildman–Crippen MR) is 97.7 cm³/mol. The summed E-state index contributed by atoms with van der Waals surface area (Å²) in [5.74, 6) is -0.306. The molecule has 4 rings (SSSR count). The van der Waals surface area contributed by atoms with E-state index in [1.165, 1.54) is 17.3 Å². The SMILES string of the molecule is NC(=O)c1ccnc(N2CCC(C(=O)N3OCC[C@H]3c3cnccn3)CC2)n1. The molecule has 4 heterocycles. The number of nitrogens with zero attached hydrogens (tertiary/aromatic N) is 6. The van der Waals surface area contributed by atoms with Crippen molar-refractivity contribution in [2.45, 2.75) is 25.3 Å². The lowest BCUT2D eigenvalue weighted by Crippen LogP contribution is -2.42. The number of rotatable bonds is 4. The van der Waals surface area contributed by atoms with Gasteiger partial charge in [0.25, 0.3) is 5.91 Å². The molecule has 28 heavy (non-hydrogen) atoms. The highest BCUT2D eigenvalue weighted by molar-refractivity contribution is 5.90. The van der Waals surface area contributed by atoms with Crippen LogP contribution in [0, 0.1) is 5.92 Å². The van der Waals surface area contributed by atoms with E-state index in [-0.39, 0.29) is 23.6 Å².